The second kappa shape index (κ2) is 5.55. The van der Waals surface area contributed by atoms with E-state index >= 15 is 0 Å². The number of primary amides is 1. The van der Waals surface area contributed by atoms with Gasteiger partial charge in [-0.2, -0.15) is 5.10 Å². The minimum absolute atomic E-state index is 0.0233. The lowest BCUT2D eigenvalue weighted by atomic mass is 10.1. The maximum Gasteiger partial charge on any atom is 0.254 e. The topological polar surface area (TPSA) is 92.1 Å². The molecule has 0 aliphatic heterocycles. The van der Waals surface area contributed by atoms with E-state index in [9.17, 15) is 9.59 Å². The SMILES string of the molecule is NC(=O)CN(C(=O)c1ccc2cn[nH]c2c1)C1CCCC1. The van der Waals surface area contributed by atoms with Crippen LogP contribution in [0.15, 0.2) is 24.4 Å². The number of benzene rings is 1. The summed E-state index contributed by atoms with van der Waals surface area (Å²) in [5.74, 6) is -0.616. The molecule has 3 rings (SSSR count). The monoisotopic (exact) mass is 286 g/mol. The van der Waals surface area contributed by atoms with Crippen molar-refractivity contribution in [3.8, 4) is 0 Å². The Hall–Kier alpha value is -2.37. The Morgan fingerprint density at radius 2 is 2.10 bits per heavy atom. The average Bonchev–Trinajstić information content (AvgIpc) is 3.13. The van der Waals surface area contributed by atoms with E-state index in [0.29, 0.717) is 5.56 Å². The highest BCUT2D eigenvalue weighted by molar-refractivity contribution is 5.99. The molecule has 0 atom stereocenters. The van der Waals surface area contributed by atoms with E-state index in [4.69, 9.17) is 5.73 Å². The predicted octanol–water partition coefficient (Wildman–Crippen LogP) is 1.43. The minimum atomic E-state index is -0.474. The molecular formula is C15H18N4O2. The third kappa shape index (κ3) is 2.74. The van der Waals surface area contributed by atoms with Gasteiger partial charge in [-0.1, -0.05) is 18.9 Å². The van der Waals surface area contributed by atoms with Crippen LogP contribution in [0, 0.1) is 0 Å². The van der Waals surface area contributed by atoms with Crippen LogP contribution in [-0.4, -0.2) is 39.5 Å². The smallest absolute Gasteiger partial charge is 0.254 e. The molecule has 1 fully saturated rings. The summed E-state index contributed by atoms with van der Waals surface area (Å²) in [7, 11) is 0. The standard InChI is InChI=1S/C15H18N4O2/c16-14(20)9-19(12-3-1-2-4-12)15(21)10-5-6-11-8-17-18-13(11)7-10/h5-8,12H,1-4,9H2,(H2,16,20)(H,17,18). The highest BCUT2D eigenvalue weighted by Gasteiger charge is 2.28. The summed E-state index contributed by atoms with van der Waals surface area (Å²) in [4.78, 5) is 25.6. The lowest BCUT2D eigenvalue weighted by molar-refractivity contribution is -0.119. The van der Waals surface area contributed by atoms with Crippen molar-refractivity contribution in [2.45, 2.75) is 31.7 Å². The molecule has 21 heavy (non-hydrogen) atoms. The first-order chi connectivity index (χ1) is 10.1. The fourth-order valence-corrected chi connectivity index (χ4v) is 2.99. The van der Waals surface area contributed by atoms with Gasteiger partial charge in [0.15, 0.2) is 0 Å². The van der Waals surface area contributed by atoms with Crippen LogP contribution in [0.1, 0.15) is 36.0 Å². The quantitative estimate of drug-likeness (QED) is 0.890. The zero-order valence-corrected chi connectivity index (χ0v) is 11.7. The number of nitrogens with zero attached hydrogens (tertiary/aromatic N) is 2. The third-order valence-electron chi connectivity index (χ3n) is 4.04. The summed E-state index contributed by atoms with van der Waals surface area (Å²) in [6.45, 7) is -0.0233. The maximum atomic E-state index is 12.7. The van der Waals surface area contributed by atoms with Crippen molar-refractivity contribution >= 4 is 22.7 Å². The summed E-state index contributed by atoms with van der Waals surface area (Å²) >= 11 is 0. The van der Waals surface area contributed by atoms with E-state index in [1.165, 1.54) is 0 Å². The van der Waals surface area contributed by atoms with Crippen molar-refractivity contribution in [2.75, 3.05) is 6.54 Å². The number of aromatic nitrogens is 2. The first-order valence-corrected chi connectivity index (χ1v) is 7.17. The van der Waals surface area contributed by atoms with Crippen molar-refractivity contribution in [1.29, 1.82) is 0 Å². The number of rotatable bonds is 4. The van der Waals surface area contributed by atoms with Gasteiger partial charge in [0.05, 0.1) is 18.3 Å². The van der Waals surface area contributed by atoms with Crippen molar-refractivity contribution in [1.82, 2.24) is 15.1 Å². The Morgan fingerprint density at radius 1 is 1.33 bits per heavy atom. The molecule has 1 aromatic heterocycles. The van der Waals surface area contributed by atoms with Crippen LogP contribution in [0.5, 0.6) is 0 Å². The van der Waals surface area contributed by atoms with Crippen LogP contribution in [0.4, 0.5) is 0 Å². The maximum absolute atomic E-state index is 12.7. The molecule has 0 saturated heterocycles. The molecular weight excluding hydrogens is 268 g/mol. The molecule has 0 spiro atoms. The molecule has 0 bridgehead atoms. The molecule has 1 aromatic carbocycles. The van der Waals surface area contributed by atoms with Gasteiger partial charge in [-0.05, 0) is 25.0 Å². The van der Waals surface area contributed by atoms with Crippen molar-refractivity contribution < 1.29 is 9.59 Å². The Kier molecular flexibility index (Phi) is 3.60. The molecule has 6 heteroatoms. The number of nitrogens with one attached hydrogen (secondary N) is 1. The Bertz CT molecular complexity index is 673. The Labute approximate surface area is 122 Å². The number of amides is 2. The molecule has 6 nitrogen and oxygen atoms in total. The van der Waals surface area contributed by atoms with Crippen LogP contribution in [0.25, 0.3) is 10.9 Å². The van der Waals surface area contributed by atoms with E-state index in [1.807, 2.05) is 6.07 Å². The zero-order valence-electron chi connectivity index (χ0n) is 11.7. The lowest BCUT2D eigenvalue weighted by Crippen LogP contribution is -2.44. The molecule has 1 saturated carbocycles. The zero-order chi connectivity index (χ0) is 14.8. The second-order valence-corrected chi connectivity index (χ2v) is 5.51. The summed E-state index contributed by atoms with van der Waals surface area (Å²) in [6, 6.07) is 5.50. The number of aromatic amines is 1. The predicted molar refractivity (Wildman–Crippen MR) is 78.6 cm³/mol. The fourth-order valence-electron chi connectivity index (χ4n) is 2.99. The molecule has 2 amide bonds. The van der Waals surface area contributed by atoms with Crippen LogP contribution in [0.3, 0.4) is 0 Å². The van der Waals surface area contributed by atoms with Gasteiger partial charge >= 0.3 is 0 Å². The summed E-state index contributed by atoms with van der Waals surface area (Å²) in [5, 5.41) is 7.75. The fraction of sp³-hybridized carbons (Fsp3) is 0.400. The number of carbonyl (C=O) groups is 2. The van der Waals surface area contributed by atoms with E-state index < -0.39 is 5.91 Å². The number of hydrogen-bond acceptors (Lipinski definition) is 3. The van der Waals surface area contributed by atoms with Gasteiger partial charge in [0.2, 0.25) is 5.91 Å². The van der Waals surface area contributed by atoms with Gasteiger partial charge in [0.25, 0.3) is 5.91 Å². The Balaban J connectivity index is 1.89. The van der Waals surface area contributed by atoms with Gasteiger partial charge < -0.3 is 10.6 Å². The molecule has 0 radical (unpaired) electrons. The van der Waals surface area contributed by atoms with E-state index in [1.54, 1.807) is 23.2 Å². The van der Waals surface area contributed by atoms with Crippen molar-refractivity contribution in [3.05, 3.63) is 30.0 Å². The second-order valence-electron chi connectivity index (χ2n) is 5.51. The van der Waals surface area contributed by atoms with Crippen molar-refractivity contribution in [3.63, 3.8) is 0 Å². The molecule has 1 aliphatic carbocycles. The molecule has 110 valence electrons. The summed E-state index contributed by atoms with van der Waals surface area (Å²) < 4.78 is 0. The van der Waals surface area contributed by atoms with Gasteiger partial charge in [-0.25, -0.2) is 0 Å². The van der Waals surface area contributed by atoms with Gasteiger partial charge in [-0.15, -0.1) is 0 Å². The van der Waals surface area contributed by atoms with Crippen LogP contribution in [0.2, 0.25) is 0 Å². The molecule has 2 aromatic rings. The van der Waals surface area contributed by atoms with E-state index in [-0.39, 0.29) is 18.5 Å². The van der Waals surface area contributed by atoms with E-state index in [0.717, 1.165) is 36.6 Å². The lowest BCUT2D eigenvalue weighted by Gasteiger charge is -2.27. The van der Waals surface area contributed by atoms with Crippen LogP contribution >= 0.6 is 0 Å². The highest BCUT2D eigenvalue weighted by atomic mass is 16.2. The first kappa shape index (κ1) is 13.6. The Morgan fingerprint density at radius 3 is 2.81 bits per heavy atom. The normalized spacial score (nSPS) is 15.4. The van der Waals surface area contributed by atoms with Crippen molar-refractivity contribution in [2.24, 2.45) is 5.73 Å². The van der Waals surface area contributed by atoms with Crippen LogP contribution < -0.4 is 5.73 Å². The summed E-state index contributed by atoms with van der Waals surface area (Å²) in [5.41, 5.74) is 6.67. The highest BCUT2D eigenvalue weighted by Crippen LogP contribution is 2.25. The number of carbonyl (C=O) groups excluding carboxylic acids is 2. The number of nitrogens with two attached hydrogens (primary N) is 1. The molecule has 1 heterocycles. The molecule has 0 unspecified atom stereocenters. The number of hydrogen-bond donors (Lipinski definition) is 2. The number of H-pyrrole nitrogens is 1. The molecule has 3 N–H and O–H groups in total. The largest absolute Gasteiger partial charge is 0.368 e. The van der Waals surface area contributed by atoms with Gasteiger partial charge in [-0.3, -0.25) is 14.7 Å². The first-order valence-electron chi connectivity index (χ1n) is 7.17. The summed E-state index contributed by atoms with van der Waals surface area (Å²) in [6.07, 6.45) is 5.76. The third-order valence-corrected chi connectivity index (χ3v) is 4.04. The number of fused-ring (bicyclic) bond motifs is 1. The van der Waals surface area contributed by atoms with Gasteiger partial charge in [0.1, 0.15) is 0 Å². The van der Waals surface area contributed by atoms with Crippen LogP contribution in [-0.2, 0) is 4.79 Å². The van der Waals surface area contributed by atoms with Gasteiger partial charge in [0, 0.05) is 17.0 Å². The average molecular weight is 286 g/mol. The molecule has 1 aliphatic rings. The minimum Gasteiger partial charge on any atom is -0.368 e. The van der Waals surface area contributed by atoms with E-state index in [2.05, 4.69) is 10.2 Å².